The van der Waals surface area contributed by atoms with Crippen molar-refractivity contribution in [3.8, 4) is 0 Å². The zero-order valence-corrected chi connectivity index (χ0v) is 13.2. The first kappa shape index (κ1) is 19.2. The van der Waals surface area contributed by atoms with Crippen LogP contribution in [0, 0.1) is 20.2 Å². The summed E-state index contributed by atoms with van der Waals surface area (Å²) in [6.45, 7) is 2.65. The first-order chi connectivity index (χ1) is 10.4. The van der Waals surface area contributed by atoms with Crippen molar-refractivity contribution in [2.24, 2.45) is 0 Å². The smallest absolute Gasteiger partial charge is 0.328 e. The second kappa shape index (κ2) is 6.75. The van der Waals surface area contributed by atoms with E-state index in [4.69, 9.17) is 23.2 Å². The lowest BCUT2D eigenvalue weighted by Gasteiger charge is -2.29. The third kappa shape index (κ3) is 4.14. The Hall–Kier alpha value is -1.81. The van der Waals surface area contributed by atoms with Crippen LogP contribution in [0.4, 0.5) is 30.2 Å². The maximum absolute atomic E-state index is 12.8. The molecule has 0 radical (unpaired) electrons. The fraction of sp³-hybridized carbons (Fsp3) is 0.455. The Balaban J connectivity index is 3.86. The number of alkyl halides is 5. The molecule has 1 aromatic rings. The molecule has 0 heterocycles. The van der Waals surface area contributed by atoms with E-state index in [0.717, 1.165) is 4.90 Å². The Morgan fingerprint density at radius 2 is 1.39 bits per heavy atom. The molecule has 1 rings (SSSR count). The highest BCUT2D eigenvalue weighted by Gasteiger charge is 2.40. The number of anilines is 1. The summed E-state index contributed by atoms with van der Waals surface area (Å²) in [5.74, 6) is 0. The minimum absolute atomic E-state index is 0.216. The van der Waals surface area contributed by atoms with Crippen LogP contribution in [0.2, 0.25) is 0 Å². The monoisotopic (exact) mass is 375 g/mol. The van der Waals surface area contributed by atoms with Crippen LogP contribution in [0.1, 0.15) is 19.4 Å². The number of rotatable bonds is 5. The van der Waals surface area contributed by atoms with E-state index in [1.54, 1.807) is 0 Å². The van der Waals surface area contributed by atoms with Crippen LogP contribution >= 0.6 is 23.2 Å². The fourth-order valence-corrected chi connectivity index (χ4v) is 2.54. The normalized spacial score (nSPS) is 14.2. The van der Waals surface area contributed by atoms with Crippen LogP contribution in [-0.2, 0) is 6.18 Å². The zero-order chi connectivity index (χ0) is 18.1. The molecule has 0 aliphatic heterocycles. The summed E-state index contributed by atoms with van der Waals surface area (Å²) in [6.07, 6.45) is -4.99. The third-order valence-electron chi connectivity index (χ3n) is 2.82. The van der Waals surface area contributed by atoms with Crippen LogP contribution in [0.15, 0.2) is 12.1 Å². The van der Waals surface area contributed by atoms with Crippen molar-refractivity contribution in [2.45, 2.75) is 31.0 Å². The molecular weight excluding hydrogens is 366 g/mol. The molecule has 2 atom stereocenters. The van der Waals surface area contributed by atoms with Gasteiger partial charge in [0.2, 0.25) is 0 Å². The van der Waals surface area contributed by atoms with Gasteiger partial charge in [0.05, 0.1) is 15.4 Å². The molecule has 0 N–H and O–H groups in total. The average Bonchev–Trinajstić information content (AvgIpc) is 2.35. The van der Waals surface area contributed by atoms with Gasteiger partial charge in [0.25, 0.3) is 11.4 Å². The lowest BCUT2D eigenvalue weighted by Crippen LogP contribution is -2.35. The molecule has 0 amide bonds. The maximum Gasteiger partial charge on any atom is 0.416 e. The zero-order valence-electron chi connectivity index (χ0n) is 11.7. The van der Waals surface area contributed by atoms with Crippen molar-refractivity contribution in [3.63, 3.8) is 0 Å². The van der Waals surface area contributed by atoms with Crippen LogP contribution in [-0.4, -0.2) is 20.8 Å². The molecule has 0 aliphatic rings. The summed E-state index contributed by atoms with van der Waals surface area (Å²) in [7, 11) is 0. The third-order valence-corrected chi connectivity index (χ3v) is 3.24. The predicted octanol–water partition coefficient (Wildman–Crippen LogP) is 4.50. The Kier molecular flexibility index (Phi) is 5.65. The van der Waals surface area contributed by atoms with Crippen molar-refractivity contribution in [1.29, 1.82) is 0 Å². The van der Waals surface area contributed by atoms with Crippen molar-refractivity contribution in [2.75, 3.05) is 4.90 Å². The van der Waals surface area contributed by atoms with Crippen molar-refractivity contribution >= 4 is 40.3 Å². The molecule has 12 heteroatoms. The van der Waals surface area contributed by atoms with Gasteiger partial charge in [-0.25, -0.2) is 0 Å². The number of hydrogen-bond acceptors (Lipinski definition) is 5. The van der Waals surface area contributed by atoms with Crippen molar-refractivity contribution in [3.05, 3.63) is 37.9 Å². The van der Waals surface area contributed by atoms with E-state index in [-0.39, 0.29) is 12.1 Å². The Morgan fingerprint density at radius 3 is 1.61 bits per heavy atom. The van der Waals surface area contributed by atoms with Crippen molar-refractivity contribution in [1.82, 2.24) is 0 Å². The number of hydrogen-bond donors (Lipinski definition) is 0. The number of benzene rings is 1. The summed E-state index contributed by atoms with van der Waals surface area (Å²) in [5.41, 5.74) is -6.49. The number of nitrogens with zero attached hydrogens (tertiary/aromatic N) is 3. The summed E-state index contributed by atoms with van der Waals surface area (Å²) in [5, 5.41) is 22.3. The van der Waals surface area contributed by atoms with Crippen LogP contribution in [0.25, 0.3) is 0 Å². The Labute approximate surface area is 137 Å². The molecule has 0 saturated carbocycles. The highest BCUT2D eigenvalue weighted by Crippen LogP contribution is 2.44. The molecule has 0 saturated heterocycles. The average molecular weight is 376 g/mol. The highest BCUT2D eigenvalue weighted by atomic mass is 35.5. The summed E-state index contributed by atoms with van der Waals surface area (Å²) < 4.78 is 38.4. The Bertz CT molecular complexity index is 594. The summed E-state index contributed by atoms with van der Waals surface area (Å²) in [4.78, 5) is 20.8. The molecule has 128 valence electrons. The second-order valence-electron chi connectivity index (χ2n) is 4.43. The molecule has 0 aliphatic carbocycles. The fourth-order valence-electron chi connectivity index (χ4n) is 1.95. The molecule has 7 nitrogen and oxygen atoms in total. The maximum atomic E-state index is 12.8. The standard InChI is InChI=1S/C11H10Cl2F3N3O4/c1-5(12)17(6(2)13)10-8(18(20)21)3-7(11(14,15)16)4-9(10)19(22)23/h3-6H,1-2H3. The number of halogens is 5. The Morgan fingerprint density at radius 1 is 1.04 bits per heavy atom. The van der Waals surface area contributed by atoms with E-state index in [2.05, 4.69) is 0 Å². The highest BCUT2D eigenvalue weighted by molar-refractivity contribution is 6.25. The predicted molar refractivity (Wildman–Crippen MR) is 77.9 cm³/mol. The molecule has 2 unspecified atom stereocenters. The van der Waals surface area contributed by atoms with Crippen LogP contribution in [0.5, 0.6) is 0 Å². The molecular formula is C11H10Cl2F3N3O4. The van der Waals surface area contributed by atoms with Gasteiger partial charge < -0.3 is 4.90 Å². The van der Waals surface area contributed by atoms with E-state index < -0.39 is 49.7 Å². The lowest BCUT2D eigenvalue weighted by atomic mass is 10.1. The summed E-state index contributed by atoms with van der Waals surface area (Å²) in [6, 6.07) is 0.432. The van der Waals surface area contributed by atoms with Crippen molar-refractivity contribution < 1.29 is 23.0 Å². The van der Waals surface area contributed by atoms with E-state index >= 15 is 0 Å². The minimum atomic E-state index is -4.99. The SMILES string of the molecule is CC(Cl)N(c1c([N+](=O)[O-])cc(C(F)(F)F)cc1[N+](=O)[O-])C(C)Cl. The van der Waals surface area contributed by atoms with E-state index in [0.29, 0.717) is 0 Å². The van der Waals surface area contributed by atoms with E-state index in [9.17, 15) is 33.4 Å². The van der Waals surface area contributed by atoms with Gasteiger partial charge >= 0.3 is 6.18 Å². The summed E-state index contributed by atoms with van der Waals surface area (Å²) >= 11 is 11.7. The molecule has 0 fully saturated rings. The van der Waals surface area contributed by atoms with Gasteiger partial charge in [-0.1, -0.05) is 23.2 Å². The first-order valence-electron chi connectivity index (χ1n) is 5.98. The number of nitro benzene ring substituents is 2. The van der Waals surface area contributed by atoms with Gasteiger partial charge in [-0.3, -0.25) is 20.2 Å². The first-order valence-corrected chi connectivity index (χ1v) is 6.85. The molecule has 1 aromatic carbocycles. The second-order valence-corrected chi connectivity index (χ2v) is 5.69. The van der Waals surface area contributed by atoms with Gasteiger partial charge in [-0.2, -0.15) is 13.2 Å². The topological polar surface area (TPSA) is 89.5 Å². The van der Waals surface area contributed by atoms with Gasteiger partial charge in [-0.05, 0) is 13.8 Å². The molecule has 23 heavy (non-hydrogen) atoms. The van der Waals surface area contributed by atoms with Crippen LogP contribution < -0.4 is 4.90 Å². The lowest BCUT2D eigenvalue weighted by molar-refractivity contribution is -0.393. The number of nitro groups is 2. The van der Waals surface area contributed by atoms with E-state index in [1.807, 2.05) is 0 Å². The largest absolute Gasteiger partial charge is 0.416 e. The van der Waals surface area contributed by atoms with Gasteiger partial charge in [-0.15, -0.1) is 0 Å². The quantitative estimate of drug-likeness (QED) is 0.327. The van der Waals surface area contributed by atoms with Gasteiger partial charge in [0.15, 0.2) is 5.69 Å². The molecule has 0 bridgehead atoms. The van der Waals surface area contributed by atoms with Crippen LogP contribution in [0.3, 0.4) is 0 Å². The molecule has 0 spiro atoms. The molecule has 0 aromatic heterocycles. The van der Waals surface area contributed by atoms with Gasteiger partial charge in [0.1, 0.15) is 11.0 Å². The minimum Gasteiger partial charge on any atom is -0.328 e. The van der Waals surface area contributed by atoms with E-state index in [1.165, 1.54) is 13.8 Å². The van der Waals surface area contributed by atoms with Gasteiger partial charge in [0, 0.05) is 12.1 Å².